The highest BCUT2D eigenvalue weighted by molar-refractivity contribution is 9.10. The first-order valence-corrected chi connectivity index (χ1v) is 8.94. The van der Waals surface area contributed by atoms with Crippen molar-refractivity contribution >= 4 is 21.7 Å². The molecule has 0 aliphatic carbocycles. The summed E-state index contributed by atoms with van der Waals surface area (Å²) in [5, 5.41) is 0. The van der Waals surface area contributed by atoms with Crippen molar-refractivity contribution in [2.75, 3.05) is 25.2 Å². The predicted molar refractivity (Wildman–Crippen MR) is 97.5 cm³/mol. The molecule has 6 heteroatoms. The van der Waals surface area contributed by atoms with Crippen molar-refractivity contribution in [2.24, 2.45) is 0 Å². The van der Waals surface area contributed by atoms with Crippen LogP contribution in [-0.4, -0.2) is 36.3 Å². The summed E-state index contributed by atoms with van der Waals surface area (Å²) in [5.74, 6) is 1.78. The van der Waals surface area contributed by atoms with E-state index in [0.29, 0.717) is 13.2 Å². The Morgan fingerprint density at radius 1 is 1.38 bits per heavy atom. The van der Waals surface area contributed by atoms with Gasteiger partial charge in [0.1, 0.15) is 24.5 Å². The summed E-state index contributed by atoms with van der Waals surface area (Å²) in [4.78, 5) is 10.6. The second kappa shape index (κ2) is 7.94. The van der Waals surface area contributed by atoms with Crippen LogP contribution in [0.2, 0.25) is 0 Å². The Morgan fingerprint density at radius 3 is 3.00 bits per heavy atom. The fourth-order valence-electron chi connectivity index (χ4n) is 2.78. The first-order valence-electron chi connectivity index (χ1n) is 8.15. The highest BCUT2D eigenvalue weighted by Crippen LogP contribution is 2.31. The molecule has 5 nitrogen and oxygen atoms in total. The summed E-state index contributed by atoms with van der Waals surface area (Å²) in [7, 11) is 2.02. The molecule has 0 radical (unpaired) electrons. The van der Waals surface area contributed by atoms with Gasteiger partial charge in [-0.1, -0.05) is 12.1 Å². The van der Waals surface area contributed by atoms with E-state index >= 15 is 0 Å². The maximum Gasteiger partial charge on any atom is 0.138 e. The Labute approximate surface area is 151 Å². The van der Waals surface area contributed by atoms with Crippen LogP contribution in [0, 0.1) is 6.92 Å². The SMILES string of the molecule is Cc1cc(N(C)Cc2cccc(Br)c2OCC2CCCO2)ncn1. The molecule has 24 heavy (non-hydrogen) atoms. The van der Waals surface area contributed by atoms with Crippen LogP contribution in [0.3, 0.4) is 0 Å². The summed E-state index contributed by atoms with van der Waals surface area (Å²) >= 11 is 3.60. The maximum atomic E-state index is 6.08. The first-order chi connectivity index (χ1) is 11.6. The Kier molecular flexibility index (Phi) is 5.68. The fraction of sp³-hybridized carbons (Fsp3) is 0.444. The molecule has 1 unspecified atom stereocenters. The van der Waals surface area contributed by atoms with Gasteiger partial charge in [-0.2, -0.15) is 0 Å². The van der Waals surface area contributed by atoms with Gasteiger partial charge < -0.3 is 14.4 Å². The third-order valence-electron chi connectivity index (χ3n) is 4.07. The molecule has 0 spiro atoms. The van der Waals surface area contributed by atoms with Gasteiger partial charge in [-0.05, 0) is 41.8 Å². The smallest absolute Gasteiger partial charge is 0.138 e. The molecule has 1 atom stereocenters. The van der Waals surface area contributed by atoms with Gasteiger partial charge in [0.2, 0.25) is 0 Å². The zero-order valence-corrected chi connectivity index (χ0v) is 15.6. The highest BCUT2D eigenvalue weighted by atomic mass is 79.9. The molecular formula is C18H22BrN3O2. The van der Waals surface area contributed by atoms with E-state index < -0.39 is 0 Å². The Hall–Kier alpha value is -1.66. The van der Waals surface area contributed by atoms with Gasteiger partial charge >= 0.3 is 0 Å². The van der Waals surface area contributed by atoms with Crippen LogP contribution in [0.5, 0.6) is 5.75 Å². The summed E-state index contributed by atoms with van der Waals surface area (Å²) in [5.41, 5.74) is 2.07. The number of anilines is 1. The van der Waals surface area contributed by atoms with Gasteiger partial charge in [0.05, 0.1) is 10.6 Å². The van der Waals surface area contributed by atoms with Crippen molar-refractivity contribution in [1.29, 1.82) is 0 Å². The Morgan fingerprint density at radius 2 is 2.25 bits per heavy atom. The van der Waals surface area contributed by atoms with Gasteiger partial charge in [0.25, 0.3) is 0 Å². The van der Waals surface area contributed by atoms with Crippen molar-refractivity contribution in [3.05, 3.63) is 46.3 Å². The summed E-state index contributed by atoms with van der Waals surface area (Å²) in [6.45, 7) is 4.10. The summed E-state index contributed by atoms with van der Waals surface area (Å²) in [6.07, 6.45) is 3.98. The lowest BCUT2D eigenvalue weighted by atomic mass is 10.2. The molecular weight excluding hydrogens is 370 g/mol. The number of hydrogen-bond acceptors (Lipinski definition) is 5. The van der Waals surface area contributed by atoms with E-state index in [1.807, 2.05) is 32.2 Å². The number of halogens is 1. The number of aryl methyl sites for hydroxylation is 1. The van der Waals surface area contributed by atoms with Gasteiger partial charge in [0, 0.05) is 37.5 Å². The molecule has 128 valence electrons. The molecule has 0 saturated carbocycles. The van der Waals surface area contributed by atoms with Crippen molar-refractivity contribution in [1.82, 2.24) is 9.97 Å². The highest BCUT2D eigenvalue weighted by Gasteiger charge is 2.18. The summed E-state index contributed by atoms with van der Waals surface area (Å²) < 4.78 is 12.7. The van der Waals surface area contributed by atoms with Crippen LogP contribution < -0.4 is 9.64 Å². The van der Waals surface area contributed by atoms with Crippen LogP contribution in [0.15, 0.2) is 35.1 Å². The van der Waals surface area contributed by atoms with Gasteiger partial charge in [0.15, 0.2) is 0 Å². The molecule has 2 aromatic rings. The molecule has 1 aliphatic heterocycles. The number of para-hydroxylation sites is 1. The molecule has 3 rings (SSSR count). The first kappa shape index (κ1) is 17.2. The van der Waals surface area contributed by atoms with Crippen molar-refractivity contribution in [3.8, 4) is 5.75 Å². The van der Waals surface area contributed by atoms with E-state index in [1.165, 1.54) is 0 Å². The van der Waals surface area contributed by atoms with Crippen LogP contribution in [-0.2, 0) is 11.3 Å². The largest absolute Gasteiger partial charge is 0.489 e. The molecule has 1 aliphatic rings. The molecule has 0 bridgehead atoms. The summed E-state index contributed by atoms with van der Waals surface area (Å²) in [6, 6.07) is 8.09. The second-order valence-corrected chi connectivity index (χ2v) is 6.90. The molecule has 0 N–H and O–H groups in total. The average Bonchev–Trinajstić information content (AvgIpc) is 3.08. The number of benzene rings is 1. The van der Waals surface area contributed by atoms with Crippen LogP contribution in [0.1, 0.15) is 24.1 Å². The van der Waals surface area contributed by atoms with Crippen LogP contribution in [0.25, 0.3) is 0 Å². The zero-order valence-electron chi connectivity index (χ0n) is 14.0. The second-order valence-electron chi connectivity index (χ2n) is 6.05. The van der Waals surface area contributed by atoms with Crippen molar-refractivity contribution in [2.45, 2.75) is 32.4 Å². The number of rotatable bonds is 6. The lowest BCUT2D eigenvalue weighted by Crippen LogP contribution is -2.20. The van der Waals surface area contributed by atoms with Crippen molar-refractivity contribution in [3.63, 3.8) is 0 Å². The predicted octanol–water partition coefficient (Wildman–Crippen LogP) is 3.74. The quantitative estimate of drug-likeness (QED) is 0.750. The molecule has 1 saturated heterocycles. The number of hydrogen-bond donors (Lipinski definition) is 0. The minimum Gasteiger partial charge on any atom is -0.489 e. The lowest BCUT2D eigenvalue weighted by molar-refractivity contribution is 0.0673. The number of aromatic nitrogens is 2. The van der Waals surface area contributed by atoms with E-state index in [1.54, 1.807) is 6.33 Å². The topological polar surface area (TPSA) is 47.5 Å². The fourth-order valence-corrected chi connectivity index (χ4v) is 3.30. The molecule has 1 fully saturated rings. The minimum atomic E-state index is 0.201. The maximum absolute atomic E-state index is 6.08. The Balaban J connectivity index is 1.73. The third kappa shape index (κ3) is 4.24. The van der Waals surface area contributed by atoms with E-state index in [2.05, 4.69) is 36.9 Å². The standard InChI is InChI=1S/C18H22BrN3O2/c1-13-9-17(21-12-20-13)22(2)10-14-5-3-7-16(19)18(14)24-11-15-6-4-8-23-15/h3,5,7,9,12,15H,4,6,8,10-11H2,1-2H3. The van der Waals surface area contributed by atoms with Gasteiger partial charge in [-0.25, -0.2) is 9.97 Å². The molecule has 2 heterocycles. The van der Waals surface area contributed by atoms with Crippen molar-refractivity contribution < 1.29 is 9.47 Å². The number of nitrogens with zero attached hydrogens (tertiary/aromatic N) is 3. The van der Waals surface area contributed by atoms with E-state index in [-0.39, 0.29) is 6.10 Å². The zero-order chi connectivity index (χ0) is 16.9. The van der Waals surface area contributed by atoms with Gasteiger partial charge in [-0.3, -0.25) is 0 Å². The minimum absolute atomic E-state index is 0.201. The average molecular weight is 392 g/mol. The van der Waals surface area contributed by atoms with E-state index in [4.69, 9.17) is 9.47 Å². The van der Waals surface area contributed by atoms with E-state index in [9.17, 15) is 0 Å². The van der Waals surface area contributed by atoms with Crippen LogP contribution >= 0.6 is 15.9 Å². The lowest BCUT2D eigenvalue weighted by Gasteiger charge is -2.21. The molecule has 0 amide bonds. The monoisotopic (exact) mass is 391 g/mol. The third-order valence-corrected chi connectivity index (χ3v) is 4.70. The normalized spacial score (nSPS) is 17.0. The van der Waals surface area contributed by atoms with Gasteiger partial charge in [-0.15, -0.1) is 0 Å². The Bertz CT molecular complexity index is 690. The number of ether oxygens (including phenoxy) is 2. The molecule has 1 aromatic heterocycles. The van der Waals surface area contributed by atoms with E-state index in [0.717, 1.165) is 46.7 Å². The van der Waals surface area contributed by atoms with Crippen LogP contribution in [0.4, 0.5) is 5.82 Å². The molecule has 1 aromatic carbocycles.